The second kappa shape index (κ2) is 5.84. The smallest absolute Gasteiger partial charge is 0.124 e. The van der Waals surface area contributed by atoms with Gasteiger partial charge >= 0.3 is 0 Å². The fourth-order valence-electron chi connectivity index (χ4n) is 1.86. The van der Waals surface area contributed by atoms with Crippen molar-refractivity contribution in [3.05, 3.63) is 52.0 Å². The molecule has 0 amide bonds. The minimum Gasteiger partial charge on any atom is -0.388 e. The second-order valence-corrected chi connectivity index (χ2v) is 5.72. The summed E-state index contributed by atoms with van der Waals surface area (Å²) in [5.41, 5.74) is 1.34. The summed E-state index contributed by atoms with van der Waals surface area (Å²) in [4.78, 5) is 0. The van der Waals surface area contributed by atoms with Crippen molar-refractivity contribution < 1.29 is 9.50 Å². The highest BCUT2D eigenvalue weighted by molar-refractivity contribution is 9.10. The molecule has 1 N–H and O–H groups in total. The zero-order valence-electron chi connectivity index (χ0n) is 10.8. The fourth-order valence-corrected chi connectivity index (χ4v) is 2.34. The molecule has 1 atom stereocenters. The molecule has 19 heavy (non-hydrogen) atoms. The maximum Gasteiger partial charge on any atom is 0.124 e. The van der Waals surface area contributed by atoms with E-state index in [1.54, 1.807) is 6.07 Å². The molecule has 1 unspecified atom stereocenters. The van der Waals surface area contributed by atoms with Gasteiger partial charge < -0.3 is 5.11 Å². The number of hydrogen-bond acceptors (Lipinski definition) is 2. The Labute approximate surface area is 120 Å². The molecule has 0 aliphatic rings. The lowest BCUT2D eigenvalue weighted by Gasteiger charge is -2.10. The van der Waals surface area contributed by atoms with Crippen LogP contribution in [0.2, 0.25) is 0 Å². The van der Waals surface area contributed by atoms with Crippen LogP contribution in [0.3, 0.4) is 0 Å². The standard InChI is InChI=1S/C14H16BrFN2O/c1-9(2)18-4-3-13(17-18)8-14(19)10-5-11(15)7-12(16)6-10/h3-7,9,14,19H,8H2,1-2H3. The van der Waals surface area contributed by atoms with Gasteiger partial charge in [-0.05, 0) is 43.7 Å². The van der Waals surface area contributed by atoms with Crippen molar-refractivity contribution in [1.29, 1.82) is 0 Å². The molecule has 0 bridgehead atoms. The van der Waals surface area contributed by atoms with Gasteiger partial charge in [0.25, 0.3) is 0 Å². The third-order valence-corrected chi connectivity index (χ3v) is 3.32. The lowest BCUT2D eigenvalue weighted by atomic mass is 10.1. The number of aliphatic hydroxyl groups excluding tert-OH is 1. The molecule has 0 spiro atoms. The summed E-state index contributed by atoms with van der Waals surface area (Å²) in [7, 11) is 0. The SMILES string of the molecule is CC(C)n1ccc(CC(O)c2cc(F)cc(Br)c2)n1. The predicted molar refractivity (Wildman–Crippen MR) is 75.4 cm³/mol. The van der Waals surface area contributed by atoms with E-state index in [1.807, 2.05) is 30.8 Å². The first kappa shape index (κ1) is 14.2. The number of aromatic nitrogens is 2. The number of rotatable bonds is 4. The third kappa shape index (κ3) is 3.64. The zero-order valence-corrected chi connectivity index (χ0v) is 12.4. The predicted octanol–water partition coefficient (Wildman–Crippen LogP) is 3.64. The number of hydrogen-bond donors (Lipinski definition) is 1. The minimum atomic E-state index is -0.762. The Morgan fingerprint density at radius 2 is 2.11 bits per heavy atom. The average molecular weight is 327 g/mol. The van der Waals surface area contributed by atoms with Crippen molar-refractivity contribution in [2.24, 2.45) is 0 Å². The molecular formula is C14H16BrFN2O. The average Bonchev–Trinajstić information content (AvgIpc) is 2.76. The van der Waals surface area contributed by atoms with Crippen LogP contribution >= 0.6 is 15.9 Å². The van der Waals surface area contributed by atoms with Crippen LogP contribution in [0.4, 0.5) is 4.39 Å². The maximum atomic E-state index is 13.3. The molecular weight excluding hydrogens is 311 g/mol. The molecule has 1 aromatic heterocycles. The van der Waals surface area contributed by atoms with E-state index in [-0.39, 0.29) is 11.9 Å². The molecule has 3 nitrogen and oxygen atoms in total. The summed E-state index contributed by atoms with van der Waals surface area (Å²) >= 11 is 3.22. The molecule has 102 valence electrons. The summed E-state index contributed by atoms with van der Waals surface area (Å²) < 4.78 is 15.7. The zero-order chi connectivity index (χ0) is 14.0. The van der Waals surface area contributed by atoms with Crippen LogP contribution in [0.15, 0.2) is 34.9 Å². The molecule has 2 aromatic rings. The van der Waals surface area contributed by atoms with E-state index < -0.39 is 6.10 Å². The molecule has 1 heterocycles. The van der Waals surface area contributed by atoms with Crippen LogP contribution in [0, 0.1) is 5.82 Å². The molecule has 2 rings (SSSR count). The number of nitrogens with zero attached hydrogens (tertiary/aromatic N) is 2. The lowest BCUT2D eigenvalue weighted by molar-refractivity contribution is 0.176. The van der Waals surface area contributed by atoms with Gasteiger partial charge in [-0.15, -0.1) is 0 Å². The van der Waals surface area contributed by atoms with Gasteiger partial charge in [0.15, 0.2) is 0 Å². The van der Waals surface area contributed by atoms with Crippen LogP contribution in [-0.4, -0.2) is 14.9 Å². The fraction of sp³-hybridized carbons (Fsp3) is 0.357. The summed E-state index contributed by atoms with van der Waals surface area (Å²) in [6, 6.07) is 6.58. The Morgan fingerprint density at radius 3 is 2.68 bits per heavy atom. The molecule has 0 aliphatic heterocycles. The highest BCUT2D eigenvalue weighted by Crippen LogP contribution is 2.23. The van der Waals surface area contributed by atoms with Crippen LogP contribution in [0.5, 0.6) is 0 Å². The first-order valence-corrected chi connectivity index (χ1v) is 6.93. The van der Waals surface area contributed by atoms with E-state index in [4.69, 9.17) is 0 Å². The molecule has 1 aromatic carbocycles. The Morgan fingerprint density at radius 1 is 1.37 bits per heavy atom. The van der Waals surface area contributed by atoms with Crippen molar-refractivity contribution >= 4 is 15.9 Å². The van der Waals surface area contributed by atoms with Gasteiger partial charge in [-0.3, -0.25) is 4.68 Å². The van der Waals surface area contributed by atoms with Crippen molar-refractivity contribution in [2.45, 2.75) is 32.4 Å². The first-order chi connectivity index (χ1) is 8.95. The molecule has 0 fully saturated rings. The molecule has 0 radical (unpaired) electrons. The third-order valence-electron chi connectivity index (χ3n) is 2.86. The van der Waals surface area contributed by atoms with Gasteiger partial charge in [0.1, 0.15) is 5.82 Å². The normalized spacial score (nSPS) is 12.9. The summed E-state index contributed by atoms with van der Waals surface area (Å²) in [5, 5.41) is 14.5. The molecule has 5 heteroatoms. The summed E-state index contributed by atoms with van der Waals surface area (Å²) in [6.45, 7) is 4.08. The van der Waals surface area contributed by atoms with Gasteiger partial charge in [0.05, 0.1) is 11.8 Å². The Balaban J connectivity index is 2.13. The van der Waals surface area contributed by atoms with Crippen LogP contribution in [-0.2, 0) is 6.42 Å². The van der Waals surface area contributed by atoms with E-state index >= 15 is 0 Å². The van der Waals surface area contributed by atoms with Gasteiger partial charge in [-0.1, -0.05) is 15.9 Å². The van der Waals surface area contributed by atoms with Gasteiger partial charge in [0, 0.05) is 23.1 Å². The Hall–Kier alpha value is -1.20. The summed E-state index contributed by atoms with van der Waals surface area (Å²) in [5.74, 6) is -0.365. The maximum absolute atomic E-state index is 13.3. The highest BCUT2D eigenvalue weighted by atomic mass is 79.9. The van der Waals surface area contributed by atoms with Crippen molar-refractivity contribution in [2.75, 3.05) is 0 Å². The highest BCUT2D eigenvalue weighted by Gasteiger charge is 2.13. The van der Waals surface area contributed by atoms with E-state index in [0.29, 0.717) is 16.5 Å². The van der Waals surface area contributed by atoms with Crippen molar-refractivity contribution in [3.8, 4) is 0 Å². The number of halogens is 2. The van der Waals surface area contributed by atoms with Crippen molar-refractivity contribution in [1.82, 2.24) is 9.78 Å². The van der Waals surface area contributed by atoms with Crippen molar-refractivity contribution in [3.63, 3.8) is 0 Å². The number of aliphatic hydroxyl groups is 1. The van der Waals surface area contributed by atoms with Gasteiger partial charge in [-0.2, -0.15) is 5.10 Å². The second-order valence-electron chi connectivity index (χ2n) is 4.80. The van der Waals surface area contributed by atoms with E-state index in [1.165, 1.54) is 12.1 Å². The first-order valence-electron chi connectivity index (χ1n) is 6.14. The largest absolute Gasteiger partial charge is 0.388 e. The minimum absolute atomic E-state index is 0.286. The topological polar surface area (TPSA) is 38.0 Å². The molecule has 0 saturated heterocycles. The van der Waals surface area contributed by atoms with Crippen LogP contribution in [0.1, 0.15) is 37.3 Å². The van der Waals surface area contributed by atoms with E-state index in [2.05, 4.69) is 21.0 Å². The Kier molecular flexibility index (Phi) is 4.37. The quantitative estimate of drug-likeness (QED) is 0.931. The Bertz CT molecular complexity index is 548. The van der Waals surface area contributed by atoms with Crippen LogP contribution < -0.4 is 0 Å². The monoisotopic (exact) mass is 326 g/mol. The molecule has 0 saturated carbocycles. The number of benzene rings is 1. The lowest BCUT2D eigenvalue weighted by Crippen LogP contribution is -2.05. The summed E-state index contributed by atoms with van der Waals surface area (Å²) in [6.07, 6.45) is 1.49. The van der Waals surface area contributed by atoms with Gasteiger partial charge in [-0.25, -0.2) is 4.39 Å². The van der Waals surface area contributed by atoms with E-state index in [9.17, 15) is 9.50 Å². The van der Waals surface area contributed by atoms with Gasteiger partial charge in [0.2, 0.25) is 0 Å². The van der Waals surface area contributed by atoms with Crippen LogP contribution in [0.25, 0.3) is 0 Å². The molecule has 0 aliphatic carbocycles. The van der Waals surface area contributed by atoms with E-state index in [0.717, 1.165) is 5.69 Å².